The van der Waals surface area contributed by atoms with E-state index >= 15 is 0 Å². The van der Waals surface area contributed by atoms with Crippen LogP contribution in [0, 0.1) is 6.92 Å². The van der Waals surface area contributed by atoms with Crippen molar-refractivity contribution in [1.29, 1.82) is 0 Å². The maximum absolute atomic E-state index is 13.1. The number of sulfone groups is 1. The summed E-state index contributed by atoms with van der Waals surface area (Å²) in [5.74, 6) is 2.28. The second kappa shape index (κ2) is 9.90. The standard InChI is InChI=1S/C24H24ClN3O5S/c1-16-7-12-21(33-16)24-27-26-22(28(24)23-19(31-2)5-4-6-20(23)32-3)15-34(29,30)14-13-17-8-10-18(25)11-9-17/h4-12H,13-15H2,1-3H3. The first-order valence-corrected chi connectivity index (χ1v) is 12.7. The smallest absolute Gasteiger partial charge is 0.204 e. The van der Waals surface area contributed by atoms with Crippen molar-refractivity contribution in [3.05, 3.63) is 76.8 Å². The monoisotopic (exact) mass is 501 g/mol. The Morgan fingerprint density at radius 2 is 1.65 bits per heavy atom. The van der Waals surface area contributed by atoms with Gasteiger partial charge in [-0.25, -0.2) is 8.42 Å². The first-order valence-electron chi connectivity index (χ1n) is 10.5. The van der Waals surface area contributed by atoms with Crippen LogP contribution in [-0.2, 0) is 22.0 Å². The van der Waals surface area contributed by atoms with Gasteiger partial charge in [-0.15, -0.1) is 10.2 Å². The van der Waals surface area contributed by atoms with E-state index in [0.717, 1.165) is 5.56 Å². The molecule has 0 aliphatic heterocycles. The van der Waals surface area contributed by atoms with Gasteiger partial charge < -0.3 is 13.9 Å². The second-order valence-electron chi connectivity index (χ2n) is 7.67. The van der Waals surface area contributed by atoms with Crippen molar-refractivity contribution in [2.75, 3.05) is 20.0 Å². The molecule has 0 N–H and O–H groups in total. The van der Waals surface area contributed by atoms with Gasteiger partial charge in [-0.05, 0) is 55.3 Å². The highest BCUT2D eigenvalue weighted by molar-refractivity contribution is 7.90. The van der Waals surface area contributed by atoms with Crippen molar-refractivity contribution in [2.45, 2.75) is 19.1 Å². The number of hydrogen-bond donors (Lipinski definition) is 0. The van der Waals surface area contributed by atoms with Crippen LogP contribution in [0.25, 0.3) is 17.3 Å². The number of benzene rings is 2. The highest BCUT2D eigenvalue weighted by Crippen LogP contribution is 2.37. The number of methoxy groups -OCH3 is 2. The molecule has 0 atom stereocenters. The third-order valence-electron chi connectivity index (χ3n) is 5.28. The van der Waals surface area contributed by atoms with Gasteiger partial charge in [0.1, 0.15) is 28.7 Å². The van der Waals surface area contributed by atoms with Crippen LogP contribution >= 0.6 is 11.6 Å². The molecule has 0 spiro atoms. The molecule has 0 bridgehead atoms. The van der Waals surface area contributed by atoms with E-state index in [1.165, 1.54) is 14.2 Å². The van der Waals surface area contributed by atoms with Crippen molar-refractivity contribution in [1.82, 2.24) is 14.8 Å². The van der Waals surface area contributed by atoms with Gasteiger partial charge in [0.25, 0.3) is 0 Å². The molecule has 2 aromatic heterocycles. The third kappa shape index (κ3) is 5.10. The third-order valence-corrected chi connectivity index (χ3v) is 7.06. The maximum Gasteiger partial charge on any atom is 0.204 e. The predicted octanol–water partition coefficient (Wildman–Crippen LogP) is 4.66. The number of hydrogen-bond acceptors (Lipinski definition) is 7. The molecular formula is C24H24ClN3O5S. The first kappa shape index (κ1) is 23.8. The summed E-state index contributed by atoms with van der Waals surface area (Å²) < 4.78 is 44.7. The summed E-state index contributed by atoms with van der Waals surface area (Å²) in [6.07, 6.45) is 0.357. The average Bonchev–Trinajstić information content (AvgIpc) is 3.43. The number of rotatable bonds is 9. The fourth-order valence-corrected chi connectivity index (χ4v) is 5.00. The Kier molecular flexibility index (Phi) is 6.95. The van der Waals surface area contributed by atoms with E-state index in [1.54, 1.807) is 47.0 Å². The Morgan fingerprint density at radius 1 is 0.971 bits per heavy atom. The number of aryl methyl sites for hydroxylation is 2. The Morgan fingerprint density at radius 3 is 2.24 bits per heavy atom. The van der Waals surface area contributed by atoms with E-state index < -0.39 is 9.84 Å². The molecule has 4 rings (SSSR count). The molecule has 2 heterocycles. The van der Waals surface area contributed by atoms with Crippen molar-refractivity contribution in [3.63, 3.8) is 0 Å². The number of para-hydroxylation sites is 1. The first-order chi connectivity index (χ1) is 16.3. The number of aromatic nitrogens is 3. The van der Waals surface area contributed by atoms with Gasteiger partial charge in [0, 0.05) is 5.02 Å². The van der Waals surface area contributed by atoms with Crippen LogP contribution in [0.15, 0.2) is 59.0 Å². The Hall–Kier alpha value is -3.30. The highest BCUT2D eigenvalue weighted by atomic mass is 35.5. The van der Waals surface area contributed by atoms with Crippen LogP contribution in [0.5, 0.6) is 11.5 Å². The normalized spacial score (nSPS) is 11.5. The van der Waals surface area contributed by atoms with Gasteiger partial charge in [0.15, 0.2) is 21.4 Å². The van der Waals surface area contributed by atoms with E-state index in [0.29, 0.717) is 46.0 Å². The number of halogens is 1. The molecule has 178 valence electrons. The van der Waals surface area contributed by atoms with E-state index in [9.17, 15) is 8.42 Å². The molecule has 4 aromatic rings. The minimum absolute atomic E-state index is 0.0558. The Bertz CT molecular complexity index is 1370. The zero-order chi connectivity index (χ0) is 24.3. The fourth-order valence-electron chi connectivity index (χ4n) is 3.60. The largest absolute Gasteiger partial charge is 0.494 e. The lowest BCUT2D eigenvalue weighted by molar-refractivity contribution is 0.390. The lowest BCUT2D eigenvalue weighted by Gasteiger charge is -2.17. The predicted molar refractivity (Wildman–Crippen MR) is 130 cm³/mol. The maximum atomic E-state index is 13.1. The summed E-state index contributed by atoms with van der Waals surface area (Å²) in [6, 6.07) is 16.0. The number of nitrogens with zero attached hydrogens (tertiary/aromatic N) is 3. The highest BCUT2D eigenvalue weighted by Gasteiger charge is 2.26. The quantitative estimate of drug-likeness (QED) is 0.329. The summed E-state index contributed by atoms with van der Waals surface area (Å²) in [6.45, 7) is 1.82. The zero-order valence-corrected chi connectivity index (χ0v) is 20.6. The minimum Gasteiger partial charge on any atom is -0.494 e. The van der Waals surface area contributed by atoms with Gasteiger partial charge in [-0.1, -0.05) is 29.8 Å². The van der Waals surface area contributed by atoms with Crippen LogP contribution in [-0.4, -0.2) is 43.2 Å². The average molecular weight is 502 g/mol. The molecule has 8 nitrogen and oxygen atoms in total. The number of furan rings is 1. The number of ether oxygens (including phenoxy) is 2. The van der Waals surface area contributed by atoms with Crippen molar-refractivity contribution in [2.24, 2.45) is 0 Å². The lowest BCUT2D eigenvalue weighted by Crippen LogP contribution is -2.16. The van der Waals surface area contributed by atoms with Crippen LogP contribution in [0.1, 0.15) is 17.1 Å². The summed E-state index contributed by atoms with van der Waals surface area (Å²) >= 11 is 5.92. The molecule has 0 unspecified atom stereocenters. The molecule has 10 heteroatoms. The van der Waals surface area contributed by atoms with Crippen molar-refractivity contribution < 1.29 is 22.3 Å². The Balaban J connectivity index is 1.75. The van der Waals surface area contributed by atoms with Crippen LogP contribution in [0.4, 0.5) is 0 Å². The summed E-state index contributed by atoms with van der Waals surface area (Å²) in [4.78, 5) is 0. The van der Waals surface area contributed by atoms with Gasteiger partial charge in [0.2, 0.25) is 5.82 Å². The molecule has 0 amide bonds. The molecule has 0 aliphatic carbocycles. The van der Waals surface area contributed by atoms with E-state index in [1.807, 2.05) is 19.1 Å². The topological polar surface area (TPSA) is 96.5 Å². The minimum atomic E-state index is -3.54. The second-order valence-corrected chi connectivity index (χ2v) is 10.3. The van der Waals surface area contributed by atoms with Gasteiger partial charge >= 0.3 is 0 Å². The van der Waals surface area contributed by atoms with Crippen LogP contribution < -0.4 is 9.47 Å². The summed E-state index contributed by atoms with van der Waals surface area (Å²) in [5, 5.41) is 9.10. The lowest BCUT2D eigenvalue weighted by atomic mass is 10.2. The summed E-state index contributed by atoms with van der Waals surface area (Å²) in [7, 11) is -0.486. The molecular weight excluding hydrogens is 478 g/mol. The molecule has 0 saturated carbocycles. The zero-order valence-electron chi connectivity index (χ0n) is 19.0. The fraction of sp³-hybridized carbons (Fsp3) is 0.250. The molecule has 0 fully saturated rings. The summed E-state index contributed by atoms with van der Waals surface area (Å²) in [5.41, 5.74) is 1.37. The Labute approximate surface area is 203 Å². The molecule has 2 aromatic carbocycles. The van der Waals surface area contributed by atoms with Crippen LogP contribution in [0.3, 0.4) is 0 Å². The van der Waals surface area contributed by atoms with Gasteiger partial charge in [-0.3, -0.25) is 4.57 Å². The molecule has 34 heavy (non-hydrogen) atoms. The van der Waals surface area contributed by atoms with E-state index in [4.69, 9.17) is 25.5 Å². The molecule has 0 saturated heterocycles. The van der Waals surface area contributed by atoms with Crippen molar-refractivity contribution >= 4 is 21.4 Å². The van der Waals surface area contributed by atoms with Crippen LogP contribution in [0.2, 0.25) is 5.02 Å². The SMILES string of the molecule is COc1cccc(OC)c1-n1c(CS(=O)(=O)CCc2ccc(Cl)cc2)nnc1-c1ccc(C)o1. The van der Waals surface area contributed by atoms with Gasteiger partial charge in [0.05, 0.1) is 20.0 Å². The van der Waals surface area contributed by atoms with E-state index in [2.05, 4.69) is 10.2 Å². The molecule has 0 aliphatic rings. The molecule has 0 radical (unpaired) electrons. The van der Waals surface area contributed by atoms with Crippen molar-refractivity contribution in [3.8, 4) is 28.8 Å². The van der Waals surface area contributed by atoms with E-state index in [-0.39, 0.29) is 17.3 Å². The van der Waals surface area contributed by atoms with Gasteiger partial charge in [-0.2, -0.15) is 0 Å².